The number of ether oxygens (including phenoxy) is 1. The molecule has 0 N–H and O–H groups in total. The van der Waals surface area contributed by atoms with E-state index in [1.807, 2.05) is 0 Å². The van der Waals surface area contributed by atoms with Gasteiger partial charge in [0.1, 0.15) is 0 Å². The van der Waals surface area contributed by atoms with Gasteiger partial charge < -0.3 is 9.64 Å². The number of rotatable bonds is 5. The van der Waals surface area contributed by atoms with Crippen molar-refractivity contribution in [2.45, 2.75) is 25.7 Å². The normalized spacial score (nSPS) is 16.1. The van der Waals surface area contributed by atoms with Crippen LogP contribution in [0.3, 0.4) is 0 Å². The zero-order valence-corrected chi connectivity index (χ0v) is 8.76. The van der Waals surface area contributed by atoms with Gasteiger partial charge in [-0.1, -0.05) is 11.6 Å². The van der Waals surface area contributed by atoms with Gasteiger partial charge in [-0.2, -0.15) is 0 Å². The van der Waals surface area contributed by atoms with Gasteiger partial charge in [-0.25, -0.2) is 0 Å². The molecule has 1 heterocycles. The second kappa shape index (κ2) is 5.86. The largest absolute Gasteiger partial charge is 0.449 e. The minimum atomic E-state index is -0.299. The Labute approximate surface area is 88.2 Å². The number of carbonyl (C=O) groups excluding carboxylic acids is 2. The van der Waals surface area contributed by atoms with Crippen LogP contribution in [-0.4, -0.2) is 35.9 Å². The van der Waals surface area contributed by atoms with Gasteiger partial charge in [0.15, 0.2) is 6.07 Å². The number of carbonyl (C=O) groups is 2. The highest BCUT2D eigenvalue weighted by molar-refractivity contribution is 6.17. The topological polar surface area (TPSA) is 46.6 Å². The molecule has 0 radical (unpaired) electrons. The summed E-state index contributed by atoms with van der Waals surface area (Å²) in [7, 11) is 0. The highest BCUT2D eigenvalue weighted by Crippen LogP contribution is 2.10. The smallest absolute Gasteiger partial charge is 0.307 e. The van der Waals surface area contributed by atoms with Crippen molar-refractivity contribution in [3.05, 3.63) is 0 Å². The molecule has 4 nitrogen and oxygen atoms in total. The third-order valence-electron chi connectivity index (χ3n) is 2.20. The molecule has 0 aliphatic carbocycles. The molecule has 1 amide bonds. The third-order valence-corrected chi connectivity index (χ3v) is 2.30. The summed E-state index contributed by atoms with van der Waals surface area (Å²) >= 11 is 5.22. The minimum absolute atomic E-state index is 0.0958. The van der Waals surface area contributed by atoms with E-state index in [1.54, 1.807) is 4.90 Å². The molecule has 1 aliphatic rings. The van der Waals surface area contributed by atoms with Gasteiger partial charge in [0.25, 0.3) is 0 Å². The van der Waals surface area contributed by atoms with Crippen LogP contribution in [0.2, 0.25) is 0 Å². The highest BCUT2D eigenvalue weighted by atomic mass is 35.5. The lowest BCUT2D eigenvalue weighted by atomic mass is 10.3. The standard InChI is InChI=1S/C9H14ClNO3/c10-7-14-9(13)4-2-6-11-5-1-3-8(11)12/h1-7H2. The molecule has 1 rings (SSSR count). The van der Waals surface area contributed by atoms with Crippen molar-refractivity contribution >= 4 is 23.5 Å². The zero-order valence-electron chi connectivity index (χ0n) is 8.00. The van der Waals surface area contributed by atoms with E-state index in [-0.39, 0.29) is 17.9 Å². The van der Waals surface area contributed by atoms with Crippen molar-refractivity contribution in [1.29, 1.82) is 0 Å². The van der Waals surface area contributed by atoms with E-state index < -0.39 is 0 Å². The molecule has 0 bridgehead atoms. The highest BCUT2D eigenvalue weighted by Gasteiger charge is 2.19. The quantitative estimate of drug-likeness (QED) is 0.515. The molecule has 0 aromatic heterocycles. The van der Waals surface area contributed by atoms with E-state index in [4.69, 9.17) is 11.6 Å². The average molecular weight is 220 g/mol. The summed E-state index contributed by atoms with van der Waals surface area (Å²) in [6.07, 6.45) is 2.56. The number of halogens is 1. The van der Waals surface area contributed by atoms with Gasteiger partial charge in [0.2, 0.25) is 5.91 Å². The minimum Gasteiger partial charge on any atom is -0.449 e. The first kappa shape index (κ1) is 11.3. The molecule has 0 unspecified atom stereocenters. The first-order valence-electron chi connectivity index (χ1n) is 4.73. The lowest BCUT2D eigenvalue weighted by Crippen LogP contribution is -2.26. The number of hydrogen-bond acceptors (Lipinski definition) is 3. The van der Waals surface area contributed by atoms with E-state index in [1.165, 1.54) is 0 Å². The number of amides is 1. The van der Waals surface area contributed by atoms with Crippen molar-refractivity contribution in [3.8, 4) is 0 Å². The molecule has 80 valence electrons. The Bertz CT molecular complexity index is 220. The molecular weight excluding hydrogens is 206 g/mol. The number of hydrogen-bond donors (Lipinski definition) is 0. The summed E-state index contributed by atoms with van der Waals surface area (Å²) in [6.45, 7) is 1.47. The van der Waals surface area contributed by atoms with Gasteiger partial charge in [0.05, 0.1) is 0 Å². The maximum absolute atomic E-state index is 11.2. The Morgan fingerprint density at radius 1 is 1.57 bits per heavy atom. The van der Waals surface area contributed by atoms with Crippen LogP contribution in [-0.2, 0) is 14.3 Å². The second-order valence-electron chi connectivity index (χ2n) is 3.21. The van der Waals surface area contributed by atoms with Crippen LogP contribution >= 0.6 is 11.6 Å². The fourth-order valence-corrected chi connectivity index (χ4v) is 1.61. The lowest BCUT2D eigenvalue weighted by molar-refractivity contribution is -0.142. The molecule has 1 fully saturated rings. The summed E-state index contributed by atoms with van der Waals surface area (Å²) in [5.41, 5.74) is 0. The Morgan fingerprint density at radius 2 is 2.36 bits per heavy atom. The van der Waals surface area contributed by atoms with Crippen molar-refractivity contribution in [1.82, 2.24) is 4.90 Å². The van der Waals surface area contributed by atoms with Crippen LogP contribution in [0.25, 0.3) is 0 Å². The molecule has 1 aliphatic heterocycles. The van der Waals surface area contributed by atoms with Crippen molar-refractivity contribution in [2.75, 3.05) is 19.2 Å². The molecule has 5 heteroatoms. The Kier molecular flexibility index (Phi) is 4.73. The van der Waals surface area contributed by atoms with Gasteiger partial charge in [-0.3, -0.25) is 9.59 Å². The molecule has 0 aromatic rings. The summed E-state index contributed by atoms with van der Waals surface area (Å²) < 4.78 is 4.56. The van der Waals surface area contributed by atoms with Crippen LogP contribution in [0.15, 0.2) is 0 Å². The monoisotopic (exact) mass is 219 g/mol. The zero-order chi connectivity index (χ0) is 10.4. The molecular formula is C9H14ClNO3. The lowest BCUT2D eigenvalue weighted by Gasteiger charge is -2.14. The van der Waals surface area contributed by atoms with Crippen LogP contribution in [0.4, 0.5) is 0 Å². The van der Waals surface area contributed by atoms with E-state index in [9.17, 15) is 9.59 Å². The summed E-state index contributed by atoms with van der Waals surface area (Å²) in [4.78, 5) is 23.8. The SMILES string of the molecule is O=C(CCCN1CCCC1=O)OCCl. The van der Waals surface area contributed by atoms with Crippen molar-refractivity contribution in [2.24, 2.45) is 0 Å². The van der Waals surface area contributed by atoms with Crippen LogP contribution in [0.5, 0.6) is 0 Å². The van der Waals surface area contributed by atoms with Gasteiger partial charge in [0, 0.05) is 25.9 Å². The summed E-state index contributed by atoms with van der Waals surface area (Å²) in [6, 6.07) is -0.0958. The molecule has 14 heavy (non-hydrogen) atoms. The third kappa shape index (κ3) is 3.54. The average Bonchev–Trinajstić information content (AvgIpc) is 2.52. The summed E-state index contributed by atoms with van der Waals surface area (Å²) in [5.74, 6) is -0.109. The summed E-state index contributed by atoms with van der Waals surface area (Å²) in [5, 5.41) is 0. The number of nitrogens with zero attached hydrogens (tertiary/aromatic N) is 1. The van der Waals surface area contributed by atoms with E-state index in [0.29, 0.717) is 25.8 Å². The number of alkyl halides is 1. The predicted molar refractivity (Wildman–Crippen MR) is 51.9 cm³/mol. The Balaban J connectivity index is 2.08. The second-order valence-corrected chi connectivity index (χ2v) is 3.43. The predicted octanol–water partition coefficient (Wildman–Crippen LogP) is 1.13. The molecule has 0 saturated carbocycles. The number of likely N-dealkylation sites (tertiary alicyclic amines) is 1. The van der Waals surface area contributed by atoms with Crippen molar-refractivity contribution in [3.63, 3.8) is 0 Å². The molecule has 0 aromatic carbocycles. The Morgan fingerprint density at radius 3 is 2.93 bits per heavy atom. The van der Waals surface area contributed by atoms with Gasteiger partial charge in [-0.05, 0) is 12.8 Å². The Hall–Kier alpha value is -0.770. The first-order chi connectivity index (χ1) is 6.74. The van der Waals surface area contributed by atoms with Gasteiger partial charge >= 0.3 is 5.97 Å². The van der Waals surface area contributed by atoms with E-state index in [2.05, 4.69) is 4.74 Å². The number of esters is 1. The maximum Gasteiger partial charge on any atom is 0.307 e. The molecule has 1 saturated heterocycles. The fraction of sp³-hybridized carbons (Fsp3) is 0.778. The van der Waals surface area contributed by atoms with E-state index >= 15 is 0 Å². The van der Waals surface area contributed by atoms with E-state index in [0.717, 1.165) is 13.0 Å². The maximum atomic E-state index is 11.2. The van der Waals surface area contributed by atoms with Gasteiger partial charge in [-0.15, -0.1) is 0 Å². The van der Waals surface area contributed by atoms with Crippen LogP contribution < -0.4 is 0 Å². The van der Waals surface area contributed by atoms with Crippen LogP contribution in [0.1, 0.15) is 25.7 Å². The van der Waals surface area contributed by atoms with Crippen LogP contribution in [0, 0.1) is 0 Å². The van der Waals surface area contributed by atoms with Crippen molar-refractivity contribution < 1.29 is 14.3 Å². The fourth-order valence-electron chi connectivity index (χ4n) is 1.49. The molecule has 0 spiro atoms. The molecule has 0 atom stereocenters. The first-order valence-corrected chi connectivity index (χ1v) is 5.27.